The third kappa shape index (κ3) is 2.42. The van der Waals surface area contributed by atoms with Crippen LogP contribution in [0.2, 0.25) is 0 Å². The van der Waals surface area contributed by atoms with Gasteiger partial charge in [-0.1, -0.05) is 12.0 Å². The Balaban J connectivity index is 3.27. The van der Waals surface area contributed by atoms with Gasteiger partial charge in [0.25, 0.3) is 0 Å². The topological polar surface area (TPSA) is 52.0 Å². The third-order valence-electron chi connectivity index (χ3n) is 2.02. The summed E-state index contributed by atoms with van der Waals surface area (Å²) in [7, 11) is 0. The van der Waals surface area contributed by atoms with Crippen LogP contribution in [0.25, 0.3) is 5.57 Å². The first-order valence-electron chi connectivity index (χ1n) is 4.55. The quantitative estimate of drug-likeness (QED) is 0.590. The fraction of sp³-hybridized carbons (Fsp3) is 0.167. The summed E-state index contributed by atoms with van der Waals surface area (Å²) in [6.45, 7) is 3.85. The number of rotatable bonds is 2. The van der Waals surface area contributed by atoms with Crippen LogP contribution >= 0.6 is 11.3 Å². The van der Waals surface area contributed by atoms with E-state index in [0.717, 1.165) is 4.88 Å². The van der Waals surface area contributed by atoms with Crippen LogP contribution in [0.1, 0.15) is 16.7 Å². The molecule has 0 amide bonds. The Morgan fingerprint density at radius 1 is 1.47 bits per heavy atom. The van der Waals surface area contributed by atoms with Crippen molar-refractivity contribution in [1.82, 2.24) is 0 Å². The Labute approximate surface area is 94.3 Å². The molecule has 0 unspecified atom stereocenters. The van der Waals surface area contributed by atoms with Gasteiger partial charge in [0.05, 0.1) is 17.0 Å². The molecular weight excluding hydrogens is 204 g/mol. The molecule has 15 heavy (non-hydrogen) atoms. The lowest BCUT2D eigenvalue weighted by molar-refractivity contribution is 1.24. The molecular formula is C12H14N2S. The molecule has 0 aliphatic carbocycles. The van der Waals surface area contributed by atoms with E-state index in [9.17, 15) is 0 Å². The maximum Gasteiger partial charge on any atom is 0.0717 e. The summed E-state index contributed by atoms with van der Waals surface area (Å²) >= 11 is 1.61. The van der Waals surface area contributed by atoms with Gasteiger partial charge in [-0.2, -0.15) is 0 Å². The molecule has 2 nitrogen and oxygen atoms in total. The van der Waals surface area contributed by atoms with E-state index in [2.05, 4.69) is 5.92 Å². The monoisotopic (exact) mass is 218 g/mol. The van der Waals surface area contributed by atoms with Gasteiger partial charge in [0, 0.05) is 9.75 Å². The summed E-state index contributed by atoms with van der Waals surface area (Å²) in [5.74, 6) is 2.59. The van der Waals surface area contributed by atoms with E-state index in [-0.39, 0.29) is 0 Å². The highest BCUT2D eigenvalue weighted by Crippen LogP contribution is 2.25. The van der Waals surface area contributed by atoms with Crippen molar-refractivity contribution < 1.29 is 0 Å². The van der Waals surface area contributed by atoms with Crippen LogP contribution in [-0.4, -0.2) is 0 Å². The fourth-order valence-electron chi connectivity index (χ4n) is 1.15. The largest absolute Gasteiger partial charge is 0.397 e. The normalized spacial score (nSPS) is 13.3. The van der Waals surface area contributed by atoms with E-state index >= 15 is 0 Å². The van der Waals surface area contributed by atoms with Crippen molar-refractivity contribution >= 4 is 16.9 Å². The zero-order chi connectivity index (χ0) is 11.4. The lowest BCUT2D eigenvalue weighted by Crippen LogP contribution is -2.10. The number of aryl methyl sites for hydroxylation is 1. The lowest BCUT2D eigenvalue weighted by Gasteiger charge is -2.04. The highest BCUT2D eigenvalue weighted by molar-refractivity contribution is 7.13. The van der Waals surface area contributed by atoms with Crippen LogP contribution in [0.5, 0.6) is 0 Å². The standard InChI is InChI=1S/C12H14N2S/c1-4-9(12(14)10(13)5-2)11-7-6-8(3)15-11/h1,5-7H,13-14H2,2-3H3/b10-5+,12-9-. The minimum Gasteiger partial charge on any atom is -0.397 e. The number of thiophene rings is 1. The van der Waals surface area contributed by atoms with Gasteiger partial charge in [-0.25, -0.2) is 0 Å². The Morgan fingerprint density at radius 2 is 2.13 bits per heavy atom. The first-order valence-corrected chi connectivity index (χ1v) is 5.37. The van der Waals surface area contributed by atoms with Crippen molar-refractivity contribution in [3.8, 4) is 12.3 Å². The van der Waals surface area contributed by atoms with Gasteiger partial charge in [-0.3, -0.25) is 0 Å². The van der Waals surface area contributed by atoms with Gasteiger partial charge in [0.1, 0.15) is 0 Å². The lowest BCUT2D eigenvalue weighted by atomic mass is 10.1. The first kappa shape index (κ1) is 11.4. The molecule has 0 bridgehead atoms. The molecule has 1 aromatic rings. The van der Waals surface area contributed by atoms with Gasteiger partial charge in [-0.05, 0) is 26.0 Å². The summed E-state index contributed by atoms with van der Waals surface area (Å²) < 4.78 is 0. The molecule has 0 saturated heterocycles. The van der Waals surface area contributed by atoms with Gasteiger partial charge in [0.2, 0.25) is 0 Å². The molecule has 0 saturated carbocycles. The molecule has 0 aliphatic heterocycles. The number of hydrogen-bond acceptors (Lipinski definition) is 3. The van der Waals surface area contributed by atoms with Crippen molar-refractivity contribution in [2.24, 2.45) is 11.5 Å². The summed E-state index contributed by atoms with van der Waals surface area (Å²) in [5.41, 5.74) is 13.3. The summed E-state index contributed by atoms with van der Waals surface area (Å²) in [6, 6.07) is 3.97. The summed E-state index contributed by atoms with van der Waals surface area (Å²) in [5, 5.41) is 0. The van der Waals surface area contributed by atoms with Crippen LogP contribution in [-0.2, 0) is 0 Å². The fourth-order valence-corrected chi connectivity index (χ4v) is 2.04. The Hall–Kier alpha value is -1.66. The van der Waals surface area contributed by atoms with Crippen LogP contribution in [0, 0.1) is 19.3 Å². The summed E-state index contributed by atoms with van der Waals surface area (Å²) in [6.07, 6.45) is 7.19. The van der Waals surface area contributed by atoms with Crippen LogP contribution in [0.4, 0.5) is 0 Å². The molecule has 0 aromatic carbocycles. The molecule has 0 radical (unpaired) electrons. The third-order valence-corrected chi connectivity index (χ3v) is 3.04. The van der Waals surface area contributed by atoms with Crippen LogP contribution in [0.3, 0.4) is 0 Å². The van der Waals surface area contributed by atoms with E-state index < -0.39 is 0 Å². The van der Waals surface area contributed by atoms with E-state index in [1.807, 2.05) is 26.0 Å². The molecule has 0 atom stereocenters. The predicted molar refractivity (Wildman–Crippen MR) is 66.9 cm³/mol. The number of terminal acetylenes is 1. The minimum atomic E-state index is 0.474. The van der Waals surface area contributed by atoms with E-state index in [4.69, 9.17) is 17.9 Å². The molecule has 0 spiro atoms. The SMILES string of the molecule is C#C/C(=C(N)\C(N)=C/C)c1ccc(C)s1. The Bertz CT molecular complexity index is 458. The van der Waals surface area contributed by atoms with Crippen molar-refractivity contribution in [2.45, 2.75) is 13.8 Å². The molecule has 78 valence electrons. The van der Waals surface area contributed by atoms with Gasteiger partial charge in [0.15, 0.2) is 0 Å². The molecule has 3 heteroatoms. The van der Waals surface area contributed by atoms with E-state index in [0.29, 0.717) is 17.0 Å². The van der Waals surface area contributed by atoms with Crippen LogP contribution in [0.15, 0.2) is 29.6 Å². The highest BCUT2D eigenvalue weighted by Gasteiger charge is 2.07. The van der Waals surface area contributed by atoms with Crippen molar-refractivity contribution in [3.63, 3.8) is 0 Å². The highest BCUT2D eigenvalue weighted by atomic mass is 32.1. The Morgan fingerprint density at radius 3 is 2.53 bits per heavy atom. The summed E-state index contributed by atoms with van der Waals surface area (Å²) in [4.78, 5) is 2.18. The smallest absolute Gasteiger partial charge is 0.0717 e. The van der Waals surface area contributed by atoms with Gasteiger partial charge < -0.3 is 11.5 Å². The van der Waals surface area contributed by atoms with Gasteiger partial charge >= 0.3 is 0 Å². The average Bonchev–Trinajstić information content (AvgIpc) is 2.64. The minimum absolute atomic E-state index is 0.474. The molecule has 0 aliphatic rings. The zero-order valence-corrected chi connectivity index (χ0v) is 9.69. The van der Waals surface area contributed by atoms with Gasteiger partial charge in [-0.15, -0.1) is 17.8 Å². The van der Waals surface area contributed by atoms with E-state index in [1.165, 1.54) is 4.88 Å². The maximum atomic E-state index is 5.87. The maximum absolute atomic E-state index is 5.87. The average molecular weight is 218 g/mol. The predicted octanol–water partition coefficient (Wildman–Crippen LogP) is 2.22. The molecule has 1 aromatic heterocycles. The van der Waals surface area contributed by atoms with Crippen molar-refractivity contribution in [3.05, 3.63) is 39.4 Å². The second-order valence-electron chi connectivity index (χ2n) is 3.09. The van der Waals surface area contributed by atoms with Crippen molar-refractivity contribution in [1.29, 1.82) is 0 Å². The molecule has 1 heterocycles. The second-order valence-corrected chi connectivity index (χ2v) is 4.38. The molecule has 0 fully saturated rings. The van der Waals surface area contributed by atoms with Crippen molar-refractivity contribution in [2.75, 3.05) is 0 Å². The number of allylic oxidation sites excluding steroid dienone is 2. The molecule has 4 N–H and O–H groups in total. The number of nitrogens with two attached hydrogens (primary N) is 2. The Kier molecular flexibility index (Phi) is 3.59. The van der Waals surface area contributed by atoms with E-state index in [1.54, 1.807) is 17.4 Å². The zero-order valence-electron chi connectivity index (χ0n) is 8.87. The first-order chi connectivity index (χ1) is 7.10. The molecule has 1 rings (SSSR count). The second kappa shape index (κ2) is 4.72. The number of hydrogen-bond donors (Lipinski definition) is 2. The van der Waals surface area contributed by atoms with Crippen LogP contribution < -0.4 is 11.5 Å².